The fourth-order valence-corrected chi connectivity index (χ4v) is 2.72. The molecule has 0 saturated carbocycles. The molecule has 0 aliphatic rings. The van der Waals surface area contributed by atoms with Crippen LogP contribution >= 0.6 is 22.9 Å². The van der Waals surface area contributed by atoms with Gasteiger partial charge < -0.3 is 15.4 Å². The number of nitrogens with zero attached hydrogens (tertiary/aromatic N) is 1. The van der Waals surface area contributed by atoms with E-state index in [9.17, 15) is 4.79 Å². The molecule has 0 spiro atoms. The molecule has 0 radical (unpaired) electrons. The van der Waals surface area contributed by atoms with E-state index in [-0.39, 0.29) is 5.91 Å². The molecule has 23 heavy (non-hydrogen) atoms. The molecule has 1 heterocycles. The minimum absolute atomic E-state index is 0.168. The Morgan fingerprint density at radius 1 is 1.43 bits per heavy atom. The van der Waals surface area contributed by atoms with E-state index in [1.165, 1.54) is 11.3 Å². The molecule has 0 saturated heterocycles. The first-order chi connectivity index (χ1) is 11.1. The minimum Gasteiger partial charge on any atom is -0.382 e. The third-order valence-corrected chi connectivity index (χ3v) is 4.28. The number of benzene rings is 1. The van der Waals surface area contributed by atoms with Gasteiger partial charge in [0.1, 0.15) is 5.69 Å². The van der Waals surface area contributed by atoms with Crippen molar-refractivity contribution >= 4 is 39.7 Å². The molecule has 0 atom stereocenters. The average molecular weight is 354 g/mol. The molecule has 0 fully saturated rings. The monoisotopic (exact) mass is 353 g/mol. The van der Waals surface area contributed by atoms with Gasteiger partial charge in [0.25, 0.3) is 5.91 Å². The number of amides is 1. The number of carbonyl (C=O) groups is 1. The lowest BCUT2D eigenvalue weighted by atomic mass is 10.2. The van der Waals surface area contributed by atoms with Crippen molar-refractivity contribution < 1.29 is 9.53 Å². The Morgan fingerprint density at radius 2 is 2.26 bits per heavy atom. The fraction of sp³-hybridized carbons (Fsp3) is 0.375. The van der Waals surface area contributed by atoms with Crippen molar-refractivity contribution in [2.75, 3.05) is 25.1 Å². The van der Waals surface area contributed by atoms with Gasteiger partial charge in [0.2, 0.25) is 0 Å². The van der Waals surface area contributed by atoms with Crippen molar-refractivity contribution in [1.82, 2.24) is 10.3 Å². The van der Waals surface area contributed by atoms with Gasteiger partial charge in [-0.05, 0) is 44.0 Å². The highest BCUT2D eigenvalue weighted by Crippen LogP contribution is 2.24. The lowest BCUT2D eigenvalue weighted by Crippen LogP contribution is -2.25. The number of ether oxygens (including phenoxy) is 1. The largest absolute Gasteiger partial charge is 0.382 e. The highest BCUT2D eigenvalue weighted by atomic mass is 35.5. The number of anilines is 2. The van der Waals surface area contributed by atoms with Gasteiger partial charge in [-0.2, -0.15) is 0 Å². The normalized spacial score (nSPS) is 10.6. The second kappa shape index (κ2) is 8.86. The minimum atomic E-state index is -0.168. The maximum Gasteiger partial charge on any atom is 0.270 e. The topological polar surface area (TPSA) is 63.2 Å². The molecule has 0 unspecified atom stereocenters. The highest BCUT2D eigenvalue weighted by Gasteiger charge is 2.10. The molecule has 7 heteroatoms. The van der Waals surface area contributed by atoms with E-state index < -0.39 is 0 Å². The Hall–Kier alpha value is -1.63. The van der Waals surface area contributed by atoms with E-state index >= 15 is 0 Å². The predicted octanol–water partition coefficient (Wildman–Crippen LogP) is 4.00. The van der Waals surface area contributed by atoms with Crippen molar-refractivity contribution in [1.29, 1.82) is 0 Å². The molecule has 1 aromatic heterocycles. The number of hydrogen-bond donors (Lipinski definition) is 2. The summed E-state index contributed by atoms with van der Waals surface area (Å²) in [6.45, 7) is 5.81. The van der Waals surface area contributed by atoms with Crippen LogP contribution in [0.4, 0.5) is 10.8 Å². The summed E-state index contributed by atoms with van der Waals surface area (Å²) in [5, 5.41) is 9.15. The molecular weight excluding hydrogens is 334 g/mol. The zero-order valence-electron chi connectivity index (χ0n) is 13.2. The predicted molar refractivity (Wildman–Crippen MR) is 95.0 cm³/mol. The van der Waals surface area contributed by atoms with E-state index in [2.05, 4.69) is 15.6 Å². The van der Waals surface area contributed by atoms with Crippen LogP contribution in [0.1, 0.15) is 29.4 Å². The number of aromatic nitrogens is 1. The van der Waals surface area contributed by atoms with Crippen molar-refractivity contribution in [2.24, 2.45) is 0 Å². The molecule has 2 rings (SSSR count). The van der Waals surface area contributed by atoms with E-state index in [0.717, 1.165) is 22.7 Å². The number of thiazole rings is 1. The maximum atomic E-state index is 12.0. The van der Waals surface area contributed by atoms with Gasteiger partial charge >= 0.3 is 0 Å². The Kier molecular flexibility index (Phi) is 6.83. The molecule has 2 N–H and O–H groups in total. The average Bonchev–Trinajstić information content (AvgIpc) is 2.99. The number of halogens is 1. The van der Waals surface area contributed by atoms with Crippen LogP contribution in [-0.4, -0.2) is 30.6 Å². The lowest BCUT2D eigenvalue weighted by molar-refractivity contribution is 0.0940. The van der Waals surface area contributed by atoms with Crippen LogP contribution in [0.25, 0.3) is 0 Å². The van der Waals surface area contributed by atoms with Crippen LogP contribution in [0.5, 0.6) is 0 Å². The standard InChI is InChI=1S/C16H20ClN3O2S/c1-3-22-8-4-7-18-15(21)14-10-23-16(20-14)19-12-5-6-13(17)11(2)9-12/h5-6,9-10H,3-4,7-8H2,1-2H3,(H,18,21)(H,19,20). The smallest absolute Gasteiger partial charge is 0.270 e. The first-order valence-electron chi connectivity index (χ1n) is 7.44. The Balaban J connectivity index is 1.87. The molecule has 1 aromatic carbocycles. The number of aryl methyl sites for hydroxylation is 1. The second-order valence-electron chi connectivity index (χ2n) is 4.93. The lowest BCUT2D eigenvalue weighted by Gasteiger charge is -2.05. The first kappa shape index (κ1) is 17.7. The summed E-state index contributed by atoms with van der Waals surface area (Å²) in [7, 11) is 0. The quantitative estimate of drug-likeness (QED) is 0.704. The summed E-state index contributed by atoms with van der Waals surface area (Å²) >= 11 is 7.40. The van der Waals surface area contributed by atoms with Gasteiger partial charge in [-0.1, -0.05) is 11.6 Å². The van der Waals surface area contributed by atoms with Gasteiger partial charge in [-0.15, -0.1) is 11.3 Å². The third kappa shape index (κ3) is 5.49. The third-order valence-electron chi connectivity index (χ3n) is 3.10. The highest BCUT2D eigenvalue weighted by molar-refractivity contribution is 7.14. The molecule has 2 aromatic rings. The fourth-order valence-electron chi connectivity index (χ4n) is 1.89. The molecule has 0 aliphatic heterocycles. The molecular formula is C16H20ClN3O2S. The summed E-state index contributed by atoms with van der Waals surface area (Å²) in [5.74, 6) is -0.168. The molecule has 0 aliphatic carbocycles. The molecule has 124 valence electrons. The number of carbonyl (C=O) groups excluding carboxylic acids is 1. The van der Waals surface area contributed by atoms with Crippen molar-refractivity contribution in [3.8, 4) is 0 Å². The van der Waals surface area contributed by atoms with E-state index in [1.807, 2.05) is 32.0 Å². The number of nitrogens with one attached hydrogen (secondary N) is 2. The summed E-state index contributed by atoms with van der Waals surface area (Å²) in [6, 6.07) is 5.65. The Labute approximate surface area is 145 Å². The zero-order valence-corrected chi connectivity index (χ0v) is 14.8. The van der Waals surface area contributed by atoms with Crippen LogP contribution in [0.15, 0.2) is 23.6 Å². The number of rotatable bonds is 8. The first-order valence-corrected chi connectivity index (χ1v) is 8.70. The van der Waals surface area contributed by atoms with Crippen molar-refractivity contribution in [3.05, 3.63) is 39.9 Å². The van der Waals surface area contributed by atoms with Gasteiger partial charge in [0.05, 0.1) is 0 Å². The van der Waals surface area contributed by atoms with Gasteiger partial charge in [-0.3, -0.25) is 4.79 Å². The summed E-state index contributed by atoms with van der Waals surface area (Å²) in [4.78, 5) is 16.3. The van der Waals surface area contributed by atoms with Crippen LogP contribution in [0, 0.1) is 6.92 Å². The number of hydrogen-bond acceptors (Lipinski definition) is 5. The van der Waals surface area contributed by atoms with Crippen LogP contribution in [0.2, 0.25) is 5.02 Å². The maximum absolute atomic E-state index is 12.0. The van der Waals surface area contributed by atoms with E-state index in [1.54, 1.807) is 5.38 Å². The van der Waals surface area contributed by atoms with Gasteiger partial charge in [0.15, 0.2) is 5.13 Å². The van der Waals surface area contributed by atoms with Gasteiger partial charge in [-0.25, -0.2) is 4.98 Å². The zero-order chi connectivity index (χ0) is 16.7. The Bertz CT molecular complexity index is 661. The summed E-state index contributed by atoms with van der Waals surface area (Å²) < 4.78 is 5.23. The van der Waals surface area contributed by atoms with Crippen LogP contribution in [0.3, 0.4) is 0 Å². The van der Waals surface area contributed by atoms with E-state index in [0.29, 0.717) is 30.6 Å². The summed E-state index contributed by atoms with van der Waals surface area (Å²) in [5.41, 5.74) is 2.30. The Morgan fingerprint density at radius 3 is 3.00 bits per heavy atom. The SMILES string of the molecule is CCOCCCNC(=O)c1csc(Nc2ccc(Cl)c(C)c2)n1. The van der Waals surface area contributed by atoms with Crippen molar-refractivity contribution in [3.63, 3.8) is 0 Å². The molecule has 1 amide bonds. The van der Waals surface area contributed by atoms with Crippen LogP contribution < -0.4 is 10.6 Å². The van der Waals surface area contributed by atoms with Crippen molar-refractivity contribution in [2.45, 2.75) is 20.3 Å². The van der Waals surface area contributed by atoms with E-state index in [4.69, 9.17) is 16.3 Å². The summed E-state index contributed by atoms with van der Waals surface area (Å²) in [6.07, 6.45) is 0.791. The van der Waals surface area contributed by atoms with Crippen LogP contribution in [-0.2, 0) is 4.74 Å². The molecule has 5 nitrogen and oxygen atoms in total. The second-order valence-corrected chi connectivity index (χ2v) is 6.20. The van der Waals surface area contributed by atoms with Gasteiger partial charge in [0, 0.05) is 35.8 Å². The molecule has 0 bridgehead atoms.